The van der Waals surface area contributed by atoms with Crippen molar-refractivity contribution in [3.05, 3.63) is 45.9 Å². The molecule has 0 bridgehead atoms. The van der Waals surface area contributed by atoms with Crippen LogP contribution < -0.4 is 10.2 Å². The van der Waals surface area contributed by atoms with E-state index in [-0.39, 0.29) is 5.91 Å². The fourth-order valence-electron chi connectivity index (χ4n) is 2.47. The molecule has 0 atom stereocenters. The van der Waals surface area contributed by atoms with Gasteiger partial charge < -0.3 is 10.2 Å². The molecule has 0 unspecified atom stereocenters. The topological polar surface area (TPSA) is 45.2 Å². The number of halogens is 1. The van der Waals surface area contributed by atoms with E-state index in [0.717, 1.165) is 30.3 Å². The molecule has 0 saturated carbocycles. The van der Waals surface area contributed by atoms with Crippen molar-refractivity contribution in [3.63, 3.8) is 0 Å². The maximum absolute atomic E-state index is 12.0. The van der Waals surface area contributed by atoms with Crippen LogP contribution in [0.4, 0.5) is 5.13 Å². The SMILES string of the molecule is O=C(NCCc1csc(N2CCCC2)n1)c1ccc(Cl)cc1. The average molecular weight is 336 g/mol. The van der Waals surface area contributed by atoms with E-state index in [2.05, 4.69) is 20.6 Å². The molecule has 0 radical (unpaired) electrons. The van der Waals surface area contributed by atoms with Gasteiger partial charge in [-0.15, -0.1) is 11.3 Å². The second-order valence-corrected chi connectivity index (χ2v) is 6.60. The lowest BCUT2D eigenvalue weighted by Gasteiger charge is -2.12. The van der Waals surface area contributed by atoms with Gasteiger partial charge in [-0.2, -0.15) is 0 Å². The number of hydrogen-bond acceptors (Lipinski definition) is 4. The van der Waals surface area contributed by atoms with Crippen LogP contribution >= 0.6 is 22.9 Å². The molecule has 1 saturated heterocycles. The van der Waals surface area contributed by atoms with E-state index in [9.17, 15) is 4.79 Å². The highest BCUT2D eigenvalue weighted by Crippen LogP contribution is 2.24. The summed E-state index contributed by atoms with van der Waals surface area (Å²) in [4.78, 5) is 19.0. The Bertz CT molecular complexity index is 635. The van der Waals surface area contributed by atoms with Crippen LogP contribution in [0.5, 0.6) is 0 Å². The molecule has 1 aliphatic rings. The van der Waals surface area contributed by atoms with E-state index in [4.69, 9.17) is 11.6 Å². The van der Waals surface area contributed by atoms with Gasteiger partial charge in [0.15, 0.2) is 5.13 Å². The molecular weight excluding hydrogens is 318 g/mol. The summed E-state index contributed by atoms with van der Waals surface area (Å²) in [5, 5.41) is 6.74. The summed E-state index contributed by atoms with van der Waals surface area (Å²) >= 11 is 7.51. The molecule has 22 heavy (non-hydrogen) atoms. The number of thiazole rings is 1. The van der Waals surface area contributed by atoms with Crippen LogP contribution in [0.2, 0.25) is 5.02 Å². The van der Waals surface area contributed by atoms with E-state index in [1.807, 2.05) is 0 Å². The first-order chi connectivity index (χ1) is 10.7. The normalized spacial score (nSPS) is 14.3. The van der Waals surface area contributed by atoms with Crippen molar-refractivity contribution in [1.82, 2.24) is 10.3 Å². The fraction of sp³-hybridized carbons (Fsp3) is 0.375. The zero-order valence-corrected chi connectivity index (χ0v) is 13.8. The Kier molecular flexibility index (Phi) is 4.95. The van der Waals surface area contributed by atoms with Crippen molar-refractivity contribution >= 4 is 34.0 Å². The predicted molar refractivity (Wildman–Crippen MR) is 91.1 cm³/mol. The van der Waals surface area contributed by atoms with Crippen LogP contribution in [0.15, 0.2) is 29.6 Å². The monoisotopic (exact) mass is 335 g/mol. The smallest absolute Gasteiger partial charge is 0.251 e. The molecule has 4 nitrogen and oxygen atoms in total. The number of anilines is 1. The van der Waals surface area contributed by atoms with Crippen LogP contribution in [0.1, 0.15) is 28.9 Å². The third-order valence-electron chi connectivity index (χ3n) is 3.69. The van der Waals surface area contributed by atoms with E-state index in [0.29, 0.717) is 17.1 Å². The Morgan fingerprint density at radius 2 is 2.00 bits per heavy atom. The lowest BCUT2D eigenvalue weighted by molar-refractivity contribution is 0.0954. The summed E-state index contributed by atoms with van der Waals surface area (Å²) < 4.78 is 0. The number of nitrogens with zero attached hydrogens (tertiary/aromatic N) is 2. The van der Waals surface area contributed by atoms with Crippen molar-refractivity contribution in [3.8, 4) is 0 Å². The van der Waals surface area contributed by atoms with E-state index < -0.39 is 0 Å². The Balaban J connectivity index is 1.48. The lowest BCUT2D eigenvalue weighted by atomic mass is 10.2. The van der Waals surface area contributed by atoms with Gasteiger partial charge in [0.1, 0.15) is 0 Å². The number of amides is 1. The van der Waals surface area contributed by atoms with Crippen molar-refractivity contribution in [1.29, 1.82) is 0 Å². The summed E-state index contributed by atoms with van der Waals surface area (Å²) in [5.74, 6) is -0.0772. The number of nitrogens with one attached hydrogen (secondary N) is 1. The summed E-state index contributed by atoms with van der Waals surface area (Å²) in [5.41, 5.74) is 1.67. The third kappa shape index (κ3) is 3.78. The first kappa shape index (κ1) is 15.3. The molecule has 1 fully saturated rings. The maximum Gasteiger partial charge on any atom is 0.251 e. The fourth-order valence-corrected chi connectivity index (χ4v) is 3.51. The number of hydrogen-bond donors (Lipinski definition) is 1. The maximum atomic E-state index is 12.0. The Hall–Kier alpha value is -1.59. The zero-order chi connectivity index (χ0) is 15.4. The van der Waals surface area contributed by atoms with E-state index in [1.54, 1.807) is 35.6 Å². The largest absolute Gasteiger partial charge is 0.352 e. The second-order valence-electron chi connectivity index (χ2n) is 5.33. The average Bonchev–Trinajstić information content (AvgIpc) is 3.19. The van der Waals surface area contributed by atoms with Crippen LogP contribution in [0.3, 0.4) is 0 Å². The minimum absolute atomic E-state index is 0.0772. The molecule has 1 aromatic heterocycles. The molecule has 1 aromatic carbocycles. The molecule has 2 aromatic rings. The molecule has 2 heterocycles. The lowest BCUT2D eigenvalue weighted by Crippen LogP contribution is -2.25. The van der Waals surface area contributed by atoms with Crippen LogP contribution in [0, 0.1) is 0 Å². The van der Waals surface area contributed by atoms with Gasteiger partial charge in [-0.25, -0.2) is 4.98 Å². The predicted octanol–water partition coefficient (Wildman–Crippen LogP) is 3.37. The van der Waals surface area contributed by atoms with Gasteiger partial charge in [0.05, 0.1) is 5.69 Å². The standard InChI is InChI=1S/C16H18ClN3OS/c17-13-5-3-12(4-6-13)15(21)18-8-7-14-11-22-16(19-14)20-9-1-2-10-20/h3-6,11H,1-2,7-10H2,(H,18,21). The Morgan fingerprint density at radius 1 is 1.27 bits per heavy atom. The zero-order valence-electron chi connectivity index (χ0n) is 12.2. The molecule has 0 spiro atoms. The van der Waals surface area contributed by atoms with Crippen molar-refractivity contribution < 1.29 is 4.79 Å². The van der Waals surface area contributed by atoms with Crippen molar-refractivity contribution in [2.75, 3.05) is 24.5 Å². The van der Waals surface area contributed by atoms with Crippen LogP contribution in [0.25, 0.3) is 0 Å². The minimum atomic E-state index is -0.0772. The molecule has 1 N–H and O–H groups in total. The van der Waals surface area contributed by atoms with Gasteiger partial charge in [-0.3, -0.25) is 4.79 Å². The second kappa shape index (κ2) is 7.11. The molecular formula is C16H18ClN3OS. The van der Waals surface area contributed by atoms with Gasteiger partial charge in [0.2, 0.25) is 0 Å². The quantitative estimate of drug-likeness (QED) is 0.911. The number of carbonyl (C=O) groups is 1. The molecule has 0 aliphatic carbocycles. The summed E-state index contributed by atoms with van der Waals surface area (Å²) in [6, 6.07) is 6.90. The summed E-state index contributed by atoms with van der Waals surface area (Å²) in [6.45, 7) is 2.81. The highest BCUT2D eigenvalue weighted by molar-refractivity contribution is 7.13. The van der Waals surface area contributed by atoms with Gasteiger partial charge in [0, 0.05) is 42.0 Å². The highest BCUT2D eigenvalue weighted by atomic mass is 35.5. The number of aromatic nitrogens is 1. The summed E-state index contributed by atoms with van der Waals surface area (Å²) in [7, 11) is 0. The first-order valence-electron chi connectivity index (χ1n) is 7.45. The number of carbonyl (C=O) groups excluding carboxylic acids is 1. The van der Waals surface area contributed by atoms with E-state index in [1.165, 1.54) is 12.8 Å². The van der Waals surface area contributed by atoms with Gasteiger partial charge in [-0.05, 0) is 37.1 Å². The highest BCUT2D eigenvalue weighted by Gasteiger charge is 2.15. The molecule has 6 heteroatoms. The van der Waals surface area contributed by atoms with Crippen LogP contribution in [-0.4, -0.2) is 30.5 Å². The molecule has 3 rings (SSSR count). The Morgan fingerprint density at radius 3 is 2.73 bits per heavy atom. The van der Waals surface area contributed by atoms with Gasteiger partial charge in [-0.1, -0.05) is 11.6 Å². The van der Waals surface area contributed by atoms with Gasteiger partial charge in [0.25, 0.3) is 5.91 Å². The molecule has 1 amide bonds. The number of benzene rings is 1. The van der Waals surface area contributed by atoms with Crippen LogP contribution in [-0.2, 0) is 6.42 Å². The molecule has 1 aliphatic heterocycles. The number of rotatable bonds is 5. The Labute approximate surface area is 139 Å². The van der Waals surface area contributed by atoms with Gasteiger partial charge >= 0.3 is 0 Å². The van der Waals surface area contributed by atoms with Crippen molar-refractivity contribution in [2.24, 2.45) is 0 Å². The van der Waals surface area contributed by atoms with E-state index >= 15 is 0 Å². The first-order valence-corrected chi connectivity index (χ1v) is 8.71. The van der Waals surface area contributed by atoms with Crippen molar-refractivity contribution in [2.45, 2.75) is 19.3 Å². The summed E-state index contributed by atoms with van der Waals surface area (Å²) in [6.07, 6.45) is 3.27. The third-order valence-corrected chi connectivity index (χ3v) is 4.89. The minimum Gasteiger partial charge on any atom is -0.352 e. The molecule has 116 valence electrons.